The van der Waals surface area contributed by atoms with Gasteiger partial charge in [-0.1, -0.05) is 159 Å². The zero-order chi connectivity index (χ0) is 42.8. The van der Waals surface area contributed by atoms with E-state index in [-0.39, 0.29) is 17.0 Å². The number of para-hydroxylation sites is 1. The standard InChI is InChI=1S/C60H43F2N/c1-36-30-51-56(53(61)32-36)46-22-9-12-26-49(46)60(51)52-31-37(2)33-54(62)57(52)47-24-15-23-43(58(47)60)39-18-14-19-40(34-39)63(55-27-13-10-20-42(55)38-16-6-5-7-17-38)41-28-29-45-44-21-8-11-25-48(44)59(3,4)50(45)35-41/h5-35H,1-4H3. The lowest BCUT2D eigenvalue weighted by atomic mass is 9.68. The van der Waals surface area contributed by atoms with Crippen molar-refractivity contribution in [2.24, 2.45) is 0 Å². The average Bonchev–Trinajstić information content (AvgIpc) is 3.85. The largest absolute Gasteiger partial charge is 0.310 e. The molecule has 0 aliphatic heterocycles. The van der Waals surface area contributed by atoms with Gasteiger partial charge in [0.25, 0.3) is 0 Å². The number of fused-ring (bicyclic) bond motifs is 13. The van der Waals surface area contributed by atoms with Crippen LogP contribution in [0.3, 0.4) is 0 Å². The third kappa shape index (κ3) is 5.20. The Bertz CT molecular complexity index is 3360. The zero-order valence-electron chi connectivity index (χ0n) is 35.6. The summed E-state index contributed by atoms with van der Waals surface area (Å²) in [7, 11) is 0. The topological polar surface area (TPSA) is 3.24 Å². The maximum absolute atomic E-state index is 16.8. The third-order valence-electron chi connectivity index (χ3n) is 14.1. The van der Waals surface area contributed by atoms with Gasteiger partial charge in [-0.25, -0.2) is 8.78 Å². The molecule has 302 valence electrons. The molecule has 1 spiro atoms. The fourth-order valence-corrected chi connectivity index (χ4v) is 11.5. The van der Waals surface area contributed by atoms with E-state index in [1.807, 2.05) is 44.2 Å². The van der Waals surface area contributed by atoms with Crippen LogP contribution < -0.4 is 4.90 Å². The zero-order valence-corrected chi connectivity index (χ0v) is 35.6. The summed E-state index contributed by atoms with van der Waals surface area (Å²) >= 11 is 0. The Morgan fingerprint density at radius 3 is 1.67 bits per heavy atom. The van der Waals surface area contributed by atoms with Crippen molar-refractivity contribution >= 4 is 17.1 Å². The molecule has 63 heavy (non-hydrogen) atoms. The summed E-state index contributed by atoms with van der Waals surface area (Å²) in [6.07, 6.45) is 0. The van der Waals surface area contributed by atoms with Crippen molar-refractivity contribution in [1.82, 2.24) is 0 Å². The third-order valence-corrected chi connectivity index (χ3v) is 14.1. The first-order valence-electron chi connectivity index (χ1n) is 21.8. The summed E-state index contributed by atoms with van der Waals surface area (Å²) in [5.74, 6) is -0.524. The molecule has 0 fully saturated rings. The van der Waals surface area contributed by atoms with E-state index in [2.05, 4.69) is 164 Å². The molecule has 0 saturated heterocycles. The van der Waals surface area contributed by atoms with E-state index in [9.17, 15) is 0 Å². The molecule has 0 radical (unpaired) electrons. The van der Waals surface area contributed by atoms with Crippen LogP contribution in [0.25, 0.3) is 55.6 Å². The summed E-state index contributed by atoms with van der Waals surface area (Å²) in [5.41, 5.74) is 19.5. The maximum atomic E-state index is 16.8. The predicted molar refractivity (Wildman–Crippen MR) is 255 cm³/mol. The molecule has 1 atom stereocenters. The van der Waals surface area contributed by atoms with Crippen LogP contribution in [-0.4, -0.2) is 0 Å². The molecule has 3 heteroatoms. The molecule has 1 unspecified atom stereocenters. The second-order valence-corrected chi connectivity index (χ2v) is 18.0. The molecule has 0 aromatic heterocycles. The molecule has 12 rings (SSSR count). The van der Waals surface area contributed by atoms with E-state index in [0.29, 0.717) is 11.1 Å². The van der Waals surface area contributed by atoms with Crippen molar-refractivity contribution in [1.29, 1.82) is 0 Å². The first-order chi connectivity index (χ1) is 30.7. The highest BCUT2D eigenvalue weighted by Gasteiger charge is 2.54. The van der Waals surface area contributed by atoms with Crippen molar-refractivity contribution in [3.05, 3.63) is 244 Å². The average molecular weight is 816 g/mol. The van der Waals surface area contributed by atoms with E-state index >= 15 is 8.78 Å². The van der Waals surface area contributed by atoms with Crippen LogP contribution in [0.2, 0.25) is 0 Å². The molecule has 1 nitrogen and oxygen atoms in total. The van der Waals surface area contributed by atoms with Crippen LogP contribution in [-0.2, 0) is 10.8 Å². The Morgan fingerprint density at radius 1 is 0.381 bits per heavy atom. The van der Waals surface area contributed by atoms with Crippen molar-refractivity contribution in [2.45, 2.75) is 38.5 Å². The second kappa shape index (κ2) is 13.6. The number of hydrogen-bond acceptors (Lipinski definition) is 1. The lowest BCUT2D eigenvalue weighted by molar-refractivity contribution is 0.625. The minimum Gasteiger partial charge on any atom is -0.310 e. The van der Waals surface area contributed by atoms with Gasteiger partial charge in [0.2, 0.25) is 0 Å². The Labute approximate surface area is 367 Å². The summed E-state index contributed by atoms with van der Waals surface area (Å²) in [4.78, 5) is 2.39. The molecular weight excluding hydrogens is 773 g/mol. The van der Waals surface area contributed by atoms with Crippen LogP contribution in [0.15, 0.2) is 188 Å². The van der Waals surface area contributed by atoms with E-state index in [0.717, 1.165) is 83.8 Å². The highest BCUT2D eigenvalue weighted by Crippen LogP contribution is 2.65. The van der Waals surface area contributed by atoms with Gasteiger partial charge >= 0.3 is 0 Å². The van der Waals surface area contributed by atoms with Crippen LogP contribution in [0.5, 0.6) is 0 Å². The summed E-state index contributed by atoms with van der Waals surface area (Å²) < 4.78 is 33.3. The van der Waals surface area contributed by atoms with Gasteiger partial charge in [0.1, 0.15) is 11.6 Å². The van der Waals surface area contributed by atoms with E-state index in [1.165, 1.54) is 22.3 Å². The number of aryl methyl sites for hydroxylation is 2. The molecule has 3 aliphatic carbocycles. The lowest BCUT2D eigenvalue weighted by Crippen LogP contribution is -2.27. The van der Waals surface area contributed by atoms with Gasteiger partial charge in [-0.05, 0) is 140 Å². The van der Waals surface area contributed by atoms with Crippen LogP contribution in [0.1, 0.15) is 58.4 Å². The lowest BCUT2D eigenvalue weighted by Gasteiger charge is -2.33. The molecule has 9 aromatic rings. The summed E-state index contributed by atoms with van der Waals surface area (Å²) in [5, 5.41) is 0. The first-order valence-corrected chi connectivity index (χ1v) is 21.8. The SMILES string of the molecule is Cc1cc(F)c2c(c1)C1(c3ccccc3-2)c2cc(C)cc(F)c2-c2cccc(-c3cccc(N(c4ccc5c(c4)C(C)(C)c4ccccc4-5)c4ccccc4-c4ccccc4)c3)c21. The maximum Gasteiger partial charge on any atom is 0.131 e. The van der Waals surface area contributed by atoms with Crippen molar-refractivity contribution < 1.29 is 8.78 Å². The van der Waals surface area contributed by atoms with Gasteiger partial charge in [-0.3, -0.25) is 0 Å². The van der Waals surface area contributed by atoms with Gasteiger partial charge in [0, 0.05) is 33.5 Å². The van der Waals surface area contributed by atoms with E-state index in [4.69, 9.17) is 0 Å². The predicted octanol–water partition coefficient (Wildman–Crippen LogP) is 16.0. The van der Waals surface area contributed by atoms with Crippen LogP contribution >= 0.6 is 0 Å². The number of anilines is 3. The summed E-state index contributed by atoms with van der Waals surface area (Å²) in [6.45, 7) is 8.55. The van der Waals surface area contributed by atoms with Crippen molar-refractivity contribution in [3.63, 3.8) is 0 Å². The second-order valence-electron chi connectivity index (χ2n) is 18.0. The fourth-order valence-electron chi connectivity index (χ4n) is 11.5. The number of hydrogen-bond donors (Lipinski definition) is 0. The molecule has 3 aliphatic rings. The Hall–Kier alpha value is -7.36. The Kier molecular flexibility index (Phi) is 8.06. The van der Waals surface area contributed by atoms with Gasteiger partial charge in [-0.2, -0.15) is 0 Å². The molecule has 0 heterocycles. The molecule has 9 aromatic carbocycles. The highest BCUT2D eigenvalue weighted by molar-refractivity contribution is 6.00. The number of rotatable bonds is 5. The smallest absolute Gasteiger partial charge is 0.131 e. The normalized spacial score (nSPS) is 15.7. The highest BCUT2D eigenvalue weighted by atomic mass is 19.1. The van der Waals surface area contributed by atoms with Crippen LogP contribution in [0, 0.1) is 25.5 Å². The number of nitrogens with zero attached hydrogens (tertiary/aromatic N) is 1. The minimum atomic E-state index is -0.955. The minimum absolute atomic E-state index is 0.193. The molecule has 0 N–H and O–H groups in total. The van der Waals surface area contributed by atoms with Gasteiger partial charge < -0.3 is 4.90 Å². The van der Waals surface area contributed by atoms with Crippen molar-refractivity contribution in [2.75, 3.05) is 4.90 Å². The quantitative estimate of drug-likeness (QED) is 0.167. The molecule has 0 saturated carbocycles. The molecular formula is C60H43F2N. The first kappa shape index (κ1) is 37.4. The van der Waals surface area contributed by atoms with E-state index < -0.39 is 5.41 Å². The van der Waals surface area contributed by atoms with Gasteiger partial charge in [0.15, 0.2) is 0 Å². The van der Waals surface area contributed by atoms with Crippen molar-refractivity contribution in [3.8, 4) is 55.6 Å². The number of benzene rings is 9. The Balaban J connectivity index is 1.12. The van der Waals surface area contributed by atoms with E-state index in [1.54, 1.807) is 12.1 Å². The Morgan fingerprint density at radius 2 is 0.921 bits per heavy atom. The van der Waals surface area contributed by atoms with Gasteiger partial charge in [0.05, 0.1) is 11.1 Å². The summed E-state index contributed by atoms with van der Waals surface area (Å²) in [6, 6.07) is 65.6. The molecule has 0 amide bonds. The fraction of sp³-hybridized carbons (Fsp3) is 0.100. The monoisotopic (exact) mass is 815 g/mol. The number of halogens is 2. The molecule has 0 bridgehead atoms. The van der Waals surface area contributed by atoms with Crippen LogP contribution in [0.4, 0.5) is 25.8 Å². The van der Waals surface area contributed by atoms with Gasteiger partial charge in [-0.15, -0.1) is 0 Å².